The second-order valence-corrected chi connectivity index (χ2v) is 9.94. The number of thioether (sulfide) groups is 1. The van der Waals surface area contributed by atoms with Crippen LogP contribution in [0.5, 0.6) is 11.5 Å². The molecule has 5 rings (SSSR count). The molecule has 1 saturated heterocycles. The highest BCUT2D eigenvalue weighted by Gasteiger charge is 2.37. The van der Waals surface area contributed by atoms with Crippen molar-refractivity contribution in [3.63, 3.8) is 0 Å². The van der Waals surface area contributed by atoms with Crippen LogP contribution in [0.3, 0.4) is 0 Å². The Hall–Kier alpha value is -5.04. The van der Waals surface area contributed by atoms with Crippen molar-refractivity contribution in [3.05, 3.63) is 109 Å². The number of rotatable bonds is 7. The zero-order valence-electron chi connectivity index (χ0n) is 20.7. The van der Waals surface area contributed by atoms with E-state index in [1.54, 1.807) is 17.0 Å². The number of non-ortho nitro benzene ring substituents is 1. The van der Waals surface area contributed by atoms with Crippen LogP contribution in [0.1, 0.15) is 16.7 Å². The SMILES string of the molecule is O=C(CN1C(=O)S/C(=C/c2cccc(Oc3ccc([N+](=O)[O-])cc3[N+](=O)[O-])c2)C1=O)N1CCc2ccccc2C1. The molecule has 0 atom stereocenters. The van der Waals surface area contributed by atoms with Crippen molar-refractivity contribution >= 4 is 46.3 Å². The van der Waals surface area contributed by atoms with Gasteiger partial charge in [0.15, 0.2) is 0 Å². The molecule has 2 aliphatic rings. The largest absolute Gasteiger partial charge is 0.450 e. The summed E-state index contributed by atoms with van der Waals surface area (Å²) >= 11 is 0.708. The Balaban J connectivity index is 1.29. The molecule has 202 valence electrons. The van der Waals surface area contributed by atoms with Crippen LogP contribution in [0, 0.1) is 20.2 Å². The highest BCUT2D eigenvalue weighted by molar-refractivity contribution is 8.18. The number of nitro groups is 2. The summed E-state index contributed by atoms with van der Waals surface area (Å²) < 4.78 is 5.61. The topological polar surface area (TPSA) is 153 Å². The third kappa shape index (κ3) is 5.54. The van der Waals surface area contributed by atoms with E-state index in [-0.39, 0.29) is 28.9 Å². The maximum atomic E-state index is 13.0. The van der Waals surface area contributed by atoms with E-state index < -0.39 is 32.4 Å². The summed E-state index contributed by atoms with van der Waals surface area (Å²) in [5.74, 6) is -0.950. The molecule has 0 aromatic heterocycles. The number of nitrogens with zero attached hydrogens (tertiary/aromatic N) is 4. The number of hydrogen-bond acceptors (Lipinski definition) is 9. The van der Waals surface area contributed by atoms with Crippen molar-refractivity contribution in [1.29, 1.82) is 0 Å². The van der Waals surface area contributed by atoms with Crippen molar-refractivity contribution in [3.8, 4) is 11.5 Å². The van der Waals surface area contributed by atoms with Crippen LogP contribution in [0.15, 0.2) is 71.6 Å². The Morgan fingerprint density at radius 2 is 1.75 bits per heavy atom. The molecule has 2 heterocycles. The summed E-state index contributed by atoms with van der Waals surface area (Å²) in [4.78, 5) is 62.0. The first-order valence-corrected chi connectivity index (χ1v) is 12.8. The zero-order valence-corrected chi connectivity index (χ0v) is 21.5. The van der Waals surface area contributed by atoms with E-state index >= 15 is 0 Å². The molecule has 1 fully saturated rings. The number of benzene rings is 3. The molecule has 0 unspecified atom stereocenters. The van der Waals surface area contributed by atoms with Gasteiger partial charge >= 0.3 is 5.69 Å². The number of nitro benzene ring substituents is 2. The molecule has 0 bridgehead atoms. The van der Waals surface area contributed by atoms with Gasteiger partial charge in [0.2, 0.25) is 11.7 Å². The third-order valence-corrected chi connectivity index (χ3v) is 7.29. The third-order valence-electron chi connectivity index (χ3n) is 6.38. The van der Waals surface area contributed by atoms with Crippen LogP contribution in [0.2, 0.25) is 0 Å². The molecule has 3 amide bonds. The van der Waals surface area contributed by atoms with Crippen molar-refractivity contribution < 1.29 is 29.0 Å². The minimum absolute atomic E-state index is 0.111. The highest BCUT2D eigenvalue weighted by Crippen LogP contribution is 2.36. The van der Waals surface area contributed by atoms with Gasteiger partial charge in [0.1, 0.15) is 12.3 Å². The van der Waals surface area contributed by atoms with E-state index in [1.165, 1.54) is 23.8 Å². The van der Waals surface area contributed by atoms with Crippen molar-refractivity contribution in [2.45, 2.75) is 13.0 Å². The molecule has 3 aromatic carbocycles. The second kappa shape index (κ2) is 11.0. The lowest BCUT2D eigenvalue weighted by Crippen LogP contribution is -2.44. The molecule has 0 spiro atoms. The van der Waals surface area contributed by atoms with Crippen LogP contribution < -0.4 is 4.74 Å². The fourth-order valence-electron chi connectivity index (χ4n) is 4.37. The van der Waals surface area contributed by atoms with E-state index in [2.05, 4.69) is 0 Å². The van der Waals surface area contributed by atoms with Crippen molar-refractivity contribution in [2.75, 3.05) is 13.1 Å². The average molecular weight is 561 g/mol. The first-order valence-electron chi connectivity index (χ1n) is 12.0. The monoisotopic (exact) mass is 560 g/mol. The van der Waals surface area contributed by atoms with E-state index in [9.17, 15) is 34.6 Å². The van der Waals surface area contributed by atoms with Gasteiger partial charge in [-0.05, 0) is 59.1 Å². The van der Waals surface area contributed by atoms with E-state index in [1.807, 2.05) is 24.3 Å². The predicted molar refractivity (Wildman–Crippen MR) is 145 cm³/mol. The molecule has 40 heavy (non-hydrogen) atoms. The maximum absolute atomic E-state index is 13.0. The summed E-state index contributed by atoms with van der Waals surface area (Å²) in [6, 6.07) is 17.1. The van der Waals surface area contributed by atoms with E-state index in [4.69, 9.17) is 4.74 Å². The molecule has 0 radical (unpaired) electrons. The number of carbonyl (C=O) groups excluding carboxylic acids is 3. The summed E-state index contributed by atoms with van der Waals surface area (Å²) in [5.41, 5.74) is 1.65. The van der Waals surface area contributed by atoms with Crippen LogP contribution in [-0.2, 0) is 22.6 Å². The lowest BCUT2D eigenvalue weighted by Gasteiger charge is -2.29. The summed E-state index contributed by atoms with van der Waals surface area (Å²) in [6.07, 6.45) is 2.16. The Bertz CT molecular complexity index is 1600. The first kappa shape index (κ1) is 26.6. The number of carbonyl (C=O) groups is 3. The van der Waals surface area contributed by atoms with Crippen molar-refractivity contribution in [1.82, 2.24) is 9.80 Å². The first-order chi connectivity index (χ1) is 19.2. The molecule has 0 aliphatic carbocycles. The number of amides is 3. The summed E-state index contributed by atoms with van der Waals surface area (Å²) in [5, 5.41) is 21.8. The van der Waals surface area contributed by atoms with Crippen LogP contribution >= 0.6 is 11.8 Å². The van der Waals surface area contributed by atoms with Crippen molar-refractivity contribution in [2.24, 2.45) is 0 Å². The van der Waals surface area contributed by atoms with Gasteiger partial charge in [-0.25, -0.2) is 0 Å². The fraction of sp³-hybridized carbons (Fsp3) is 0.148. The molecule has 0 saturated carbocycles. The molecule has 12 nitrogen and oxygen atoms in total. The van der Waals surface area contributed by atoms with Crippen LogP contribution in [-0.4, -0.2) is 49.8 Å². The molecule has 3 aromatic rings. The summed E-state index contributed by atoms with van der Waals surface area (Å²) in [6.45, 7) is 0.555. The minimum atomic E-state index is -0.786. The smallest absolute Gasteiger partial charge is 0.318 e. The van der Waals surface area contributed by atoms with Crippen LogP contribution in [0.25, 0.3) is 6.08 Å². The van der Waals surface area contributed by atoms with Gasteiger partial charge in [0.05, 0.1) is 20.8 Å². The zero-order chi connectivity index (χ0) is 28.4. The Labute approximate surface area is 231 Å². The summed E-state index contributed by atoms with van der Waals surface area (Å²) in [7, 11) is 0. The molecular formula is C27H20N4O8S. The van der Waals surface area contributed by atoms with Gasteiger partial charge in [-0.1, -0.05) is 36.4 Å². The Morgan fingerprint density at radius 1 is 0.975 bits per heavy atom. The van der Waals surface area contributed by atoms with Crippen LogP contribution in [0.4, 0.5) is 16.2 Å². The van der Waals surface area contributed by atoms with Gasteiger partial charge in [-0.3, -0.25) is 39.5 Å². The van der Waals surface area contributed by atoms with Gasteiger partial charge < -0.3 is 9.64 Å². The maximum Gasteiger partial charge on any atom is 0.318 e. The number of fused-ring (bicyclic) bond motifs is 1. The number of imide groups is 1. The minimum Gasteiger partial charge on any atom is -0.450 e. The fourth-order valence-corrected chi connectivity index (χ4v) is 5.21. The standard InChI is InChI=1S/C27H20N4O8S/c32-25(28-11-10-18-5-1-2-6-19(18)15-28)16-29-26(33)24(40-27(29)34)13-17-4-3-7-21(12-17)39-23-9-8-20(30(35)36)14-22(23)31(37)38/h1-9,12-14H,10-11,15-16H2/b24-13+. The van der Waals surface area contributed by atoms with Gasteiger partial charge in [0, 0.05) is 19.2 Å². The molecule has 13 heteroatoms. The predicted octanol–water partition coefficient (Wildman–Crippen LogP) is 4.92. The molecule has 2 aliphatic heterocycles. The Morgan fingerprint density at radius 3 is 2.50 bits per heavy atom. The highest BCUT2D eigenvalue weighted by atomic mass is 32.2. The normalized spacial score (nSPS) is 15.8. The van der Waals surface area contributed by atoms with Gasteiger partial charge in [-0.15, -0.1) is 0 Å². The van der Waals surface area contributed by atoms with Gasteiger partial charge in [-0.2, -0.15) is 0 Å². The number of ether oxygens (including phenoxy) is 1. The lowest BCUT2D eigenvalue weighted by molar-refractivity contribution is -0.394. The molecule has 0 N–H and O–H groups in total. The van der Waals surface area contributed by atoms with E-state index in [0.29, 0.717) is 36.8 Å². The molecular weight excluding hydrogens is 540 g/mol. The van der Waals surface area contributed by atoms with Gasteiger partial charge in [0.25, 0.3) is 16.8 Å². The van der Waals surface area contributed by atoms with E-state index in [0.717, 1.165) is 28.7 Å². The number of hydrogen-bond donors (Lipinski definition) is 0. The Kier molecular flexibility index (Phi) is 7.29. The average Bonchev–Trinajstić information content (AvgIpc) is 3.20. The lowest BCUT2D eigenvalue weighted by atomic mass is 10.00. The second-order valence-electron chi connectivity index (χ2n) is 8.94. The quantitative estimate of drug-likeness (QED) is 0.223.